The zero-order valence-electron chi connectivity index (χ0n) is 12.1. The van der Waals surface area contributed by atoms with Crippen molar-refractivity contribution in [2.45, 2.75) is 25.4 Å². The summed E-state index contributed by atoms with van der Waals surface area (Å²) in [5.74, 6) is 0.581. The molecule has 0 bridgehead atoms. The second-order valence-electron chi connectivity index (χ2n) is 4.65. The molecule has 0 atom stereocenters. The van der Waals surface area contributed by atoms with Crippen LogP contribution in [0.25, 0.3) is 0 Å². The van der Waals surface area contributed by atoms with Crippen LogP contribution in [-0.4, -0.2) is 48.3 Å². The average molecular weight is 285 g/mol. The molecule has 20 heavy (non-hydrogen) atoms. The highest BCUT2D eigenvalue weighted by molar-refractivity contribution is 5.52. The van der Waals surface area contributed by atoms with Gasteiger partial charge in [-0.3, -0.25) is 0 Å². The van der Waals surface area contributed by atoms with Crippen LogP contribution in [0.4, 0.5) is 0 Å². The van der Waals surface area contributed by atoms with Gasteiger partial charge in [0.1, 0.15) is 0 Å². The molecule has 0 aliphatic rings. The summed E-state index contributed by atoms with van der Waals surface area (Å²) >= 11 is 0. The van der Waals surface area contributed by atoms with E-state index in [4.69, 9.17) is 9.47 Å². The number of phenols is 1. The molecule has 0 saturated carbocycles. The van der Waals surface area contributed by atoms with Gasteiger partial charge in [0.05, 0.1) is 33.0 Å². The van der Waals surface area contributed by atoms with Crippen molar-refractivity contribution in [2.24, 2.45) is 0 Å². The SMILES string of the molecule is CCC(CO)(CO)NCc1cc(OC)c(O)c(OC)c1. The number of hydrogen-bond acceptors (Lipinski definition) is 6. The van der Waals surface area contributed by atoms with Crippen LogP contribution in [0.5, 0.6) is 17.2 Å². The van der Waals surface area contributed by atoms with Crippen molar-refractivity contribution in [1.29, 1.82) is 0 Å². The Morgan fingerprint density at radius 3 is 1.95 bits per heavy atom. The first-order chi connectivity index (χ1) is 9.55. The number of aliphatic hydroxyl groups excluding tert-OH is 2. The molecule has 0 saturated heterocycles. The number of phenolic OH excluding ortho intramolecular Hbond substituents is 1. The summed E-state index contributed by atoms with van der Waals surface area (Å²) in [6.45, 7) is 1.97. The van der Waals surface area contributed by atoms with Crippen LogP contribution in [-0.2, 0) is 6.54 Å². The number of methoxy groups -OCH3 is 2. The minimum atomic E-state index is -0.724. The van der Waals surface area contributed by atoms with Crippen molar-refractivity contribution in [3.63, 3.8) is 0 Å². The van der Waals surface area contributed by atoms with Crippen molar-refractivity contribution >= 4 is 0 Å². The van der Waals surface area contributed by atoms with Gasteiger partial charge >= 0.3 is 0 Å². The Kier molecular flexibility index (Phi) is 6.06. The summed E-state index contributed by atoms with van der Waals surface area (Å²) in [6, 6.07) is 3.36. The maximum atomic E-state index is 9.83. The first-order valence-electron chi connectivity index (χ1n) is 6.46. The van der Waals surface area contributed by atoms with Gasteiger partial charge in [0.25, 0.3) is 0 Å². The first-order valence-corrected chi connectivity index (χ1v) is 6.46. The van der Waals surface area contributed by atoms with E-state index in [0.29, 0.717) is 24.5 Å². The summed E-state index contributed by atoms with van der Waals surface area (Å²) in [7, 11) is 2.92. The molecule has 0 amide bonds. The predicted molar refractivity (Wildman–Crippen MR) is 75.2 cm³/mol. The number of ether oxygens (including phenoxy) is 2. The highest BCUT2D eigenvalue weighted by Crippen LogP contribution is 2.37. The van der Waals surface area contributed by atoms with Crippen molar-refractivity contribution in [1.82, 2.24) is 5.32 Å². The molecule has 1 aromatic carbocycles. The van der Waals surface area contributed by atoms with Crippen LogP contribution in [0.2, 0.25) is 0 Å². The third-order valence-corrected chi connectivity index (χ3v) is 3.49. The molecule has 1 rings (SSSR count). The summed E-state index contributed by atoms with van der Waals surface area (Å²) in [5.41, 5.74) is 0.0921. The van der Waals surface area contributed by atoms with Crippen LogP contribution in [0.15, 0.2) is 12.1 Å². The lowest BCUT2D eigenvalue weighted by atomic mass is 9.98. The van der Waals surface area contributed by atoms with E-state index in [1.165, 1.54) is 14.2 Å². The van der Waals surface area contributed by atoms with Gasteiger partial charge in [0.2, 0.25) is 5.75 Å². The van der Waals surface area contributed by atoms with Crippen LogP contribution in [0.1, 0.15) is 18.9 Å². The summed E-state index contributed by atoms with van der Waals surface area (Å²) in [5, 5.41) is 31.7. The average Bonchev–Trinajstić information content (AvgIpc) is 2.50. The fourth-order valence-electron chi connectivity index (χ4n) is 1.85. The predicted octanol–water partition coefficient (Wildman–Crippen LogP) is 0.632. The molecule has 4 N–H and O–H groups in total. The molecule has 0 spiro atoms. The zero-order chi connectivity index (χ0) is 15.2. The third-order valence-electron chi connectivity index (χ3n) is 3.49. The minimum Gasteiger partial charge on any atom is -0.502 e. The molecule has 0 heterocycles. The highest BCUT2D eigenvalue weighted by Gasteiger charge is 2.25. The largest absolute Gasteiger partial charge is 0.502 e. The van der Waals surface area contributed by atoms with Gasteiger partial charge in [0.15, 0.2) is 11.5 Å². The number of aliphatic hydroxyl groups is 2. The molecular weight excluding hydrogens is 262 g/mol. The molecule has 0 aromatic heterocycles. The van der Waals surface area contributed by atoms with Gasteiger partial charge in [-0.05, 0) is 24.1 Å². The lowest BCUT2D eigenvalue weighted by Gasteiger charge is -2.30. The molecule has 0 fully saturated rings. The van der Waals surface area contributed by atoms with E-state index in [9.17, 15) is 15.3 Å². The number of rotatable bonds is 8. The monoisotopic (exact) mass is 285 g/mol. The Morgan fingerprint density at radius 2 is 1.60 bits per heavy atom. The van der Waals surface area contributed by atoms with E-state index in [1.54, 1.807) is 12.1 Å². The summed E-state index contributed by atoms with van der Waals surface area (Å²) in [4.78, 5) is 0. The fraction of sp³-hybridized carbons (Fsp3) is 0.571. The highest BCUT2D eigenvalue weighted by atomic mass is 16.5. The van der Waals surface area contributed by atoms with E-state index in [-0.39, 0.29) is 19.0 Å². The molecule has 0 aliphatic carbocycles. The van der Waals surface area contributed by atoms with Gasteiger partial charge < -0.3 is 30.1 Å². The first kappa shape index (κ1) is 16.6. The van der Waals surface area contributed by atoms with Crippen molar-refractivity contribution in [3.05, 3.63) is 17.7 Å². The van der Waals surface area contributed by atoms with Crippen LogP contribution >= 0.6 is 0 Å². The number of nitrogens with one attached hydrogen (secondary N) is 1. The molecule has 1 aromatic rings. The van der Waals surface area contributed by atoms with Crippen molar-refractivity contribution in [3.8, 4) is 17.2 Å². The van der Waals surface area contributed by atoms with Gasteiger partial charge in [-0.2, -0.15) is 0 Å². The van der Waals surface area contributed by atoms with Gasteiger partial charge in [-0.1, -0.05) is 6.92 Å². The topological polar surface area (TPSA) is 91.2 Å². The number of benzene rings is 1. The smallest absolute Gasteiger partial charge is 0.200 e. The molecule has 114 valence electrons. The van der Waals surface area contributed by atoms with Gasteiger partial charge in [0, 0.05) is 6.54 Å². The molecule has 6 nitrogen and oxygen atoms in total. The molecule has 0 aliphatic heterocycles. The molecular formula is C14H23NO5. The molecule has 0 unspecified atom stereocenters. The van der Waals surface area contributed by atoms with E-state index < -0.39 is 5.54 Å². The Bertz CT molecular complexity index is 398. The van der Waals surface area contributed by atoms with Crippen molar-refractivity contribution in [2.75, 3.05) is 27.4 Å². The second kappa shape index (κ2) is 7.33. The Labute approximate surface area is 119 Å². The van der Waals surface area contributed by atoms with Crippen molar-refractivity contribution < 1.29 is 24.8 Å². The Morgan fingerprint density at radius 1 is 1.10 bits per heavy atom. The second-order valence-corrected chi connectivity index (χ2v) is 4.65. The van der Waals surface area contributed by atoms with Crippen LogP contribution < -0.4 is 14.8 Å². The summed E-state index contributed by atoms with van der Waals surface area (Å²) in [6.07, 6.45) is 0.590. The normalized spacial score (nSPS) is 11.4. The Balaban J connectivity index is 2.92. The number of aromatic hydroxyl groups is 1. The molecule has 0 radical (unpaired) electrons. The van der Waals surface area contributed by atoms with Crippen LogP contribution in [0.3, 0.4) is 0 Å². The van der Waals surface area contributed by atoms with E-state index in [1.807, 2.05) is 6.92 Å². The molecule has 6 heteroatoms. The van der Waals surface area contributed by atoms with Gasteiger partial charge in [-0.25, -0.2) is 0 Å². The minimum absolute atomic E-state index is 0.0511. The lowest BCUT2D eigenvalue weighted by Crippen LogP contribution is -2.50. The fourth-order valence-corrected chi connectivity index (χ4v) is 1.85. The number of hydrogen-bond donors (Lipinski definition) is 4. The maximum Gasteiger partial charge on any atom is 0.200 e. The maximum absolute atomic E-state index is 9.83. The standard InChI is InChI=1S/C14H23NO5/c1-4-14(8-16,9-17)15-7-10-5-11(19-2)13(18)12(6-10)20-3/h5-6,15-18H,4,7-9H2,1-3H3. The van der Waals surface area contributed by atoms with Crippen LogP contribution in [0, 0.1) is 0 Å². The van der Waals surface area contributed by atoms with E-state index in [0.717, 1.165) is 5.56 Å². The quantitative estimate of drug-likeness (QED) is 0.560. The summed E-state index contributed by atoms with van der Waals surface area (Å²) < 4.78 is 10.2. The zero-order valence-corrected chi connectivity index (χ0v) is 12.1. The van der Waals surface area contributed by atoms with E-state index in [2.05, 4.69) is 5.32 Å². The Hall–Kier alpha value is -1.50. The third kappa shape index (κ3) is 3.53. The van der Waals surface area contributed by atoms with Gasteiger partial charge in [-0.15, -0.1) is 0 Å². The lowest BCUT2D eigenvalue weighted by molar-refractivity contribution is 0.0864. The van der Waals surface area contributed by atoms with E-state index >= 15 is 0 Å².